The van der Waals surface area contributed by atoms with Gasteiger partial charge >= 0.3 is 0 Å². The fourth-order valence-electron chi connectivity index (χ4n) is 4.06. The molecule has 0 saturated heterocycles. The van der Waals surface area contributed by atoms with Crippen molar-refractivity contribution in [3.63, 3.8) is 0 Å². The molecule has 0 saturated carbocycles. The van der Waals surface area contributed by atoms with Crippen molar-refractivity contribution in [2.24, 2.45) is 0 Å². The molecule has 6 aromatic rings. The molecule has 6 aromatic heterocycles. The van der Waals surface area contributed by atoms with E-state index < -0.39 is 6.23 Å². The summed E-state index contributed by atoms with van der Waals surface area (Å²) in [5.41, 5.74) is 6.25. The van der Waals surface area contributed by atoms with Crippen LogP contribution in [0.3, 0.4) is 0 Å². The third kappa shape index (κ3) is 3.92. The van der Waals surface area contributed by atoms with E-state index in [0.717, 1.165) is 66.4 Å². The van der Waals surface area contributed by atoms with Crippen LogP contribution < -0.4 is 5.32 Å². The van der Waals surface area contributed by atoms with E-state index in [0.29, 0.717) is 12.1 Å². The van der Waals surface area contributed by atoms with Gasteiger partial charge in [-0.05, 0) is 42.8 Å². The van der Waals surface area contributed by atoms with Crippen LogP contribution in [0.4, 0.5) is 10.1 Å². The predicted octanol–water partition coefficient (Wildman–Crippen LogP) is 5.57. The highest BCUT2D eigenvalue weighted by atomic mass is 32.1. The molecule has 0 radical (unpaired) electrons. The second-order valence-corrected chi connectivity index (χ2v) is 9.16. The normalized spacial score (nSPS) is 12.4. The van der Waals surface area contributed by atoms with Crippen LogP contribution >= 0.6 is 11.3 Å². The van der Waals surface area contributed by atoms with E-state index in [9.17, 15) is 9.50 Å². The van der Waals surface area contributed by atoms with Crippen molar-refractivity contribution in [3.8, 4) is 33.1 Å². The Morgan fingerprint density at radius 3 is 2.74 bits per heavy atom. The number of aliphatic hydroxyl groups excluding tert-OH is 1. The van der Waals surface area contributed by atoms with E-state index in [2.05, 4.69) is 35.5 Å². The van der Waals surface area contributed by atoms with Gasteiger partial charge in [0.2, 0.25) is 0 Å². The smallest absolute Gasteiger partial charge is 0.177 e. The zero-order chi connectivity index (χ0) is 23.9. The summed E-state index contributed by atoms with van der Waals surface area (Å²) in [6.45, 7) is 1.90. The van der Waals surface area contributed by atoms with Gasteiger partial charge in [-0.3, -0.25) is 15.1 Å². The zero-order valence-corrected chi connectivity index (χ0v) is 19.4. The molecule has 174 valence electrons. The first-order valence-electron chi connectivity index (χ1n) is 11.1. The van der Waals surface area contributed by atoms with Crippen molar-refractivity contribution in [2.75, 3.05) is 5.32 Å². The first-order valence-corrected chi connectivity index (χ1v) is 11.9. The molecule has 6 rings (SSSR count). The van der Waals surface area contributed by atoms with Crippen molar-refractivity contribution >= 4 is 39.0 Å². The van der Waals surface area contributed by atoms with Gasteiger partial charge in [0.15, 0.2) is 10.8 Å². The summed E-state index contributed by atoms with van der Waals surface area (Å²) in [6.07, 6.45) is 6.85. The highest BCUT2D eigenvalue weighted by Crippen LogP contribution is 2.35. The van der Waals surface area contributed by atoms with Crippen LogP contribution in [0.1, 0.15) is 13.3 Å². The molecule has 0 aliphatic carbocycles. The lowest BCUT2D eigenvalue weighted by Crippen LogP contribution is -2.16. The van der Waals surface area contributed by atoms with Crippen molar-refractivity contribution in [2.45, 2.75) is 19.6 Å². The molecule has 35 heavy (non-hydrogen) atoms. The Bertz CT molecular complexity index is 1670. The van der Waals surface area contributed by atoms with E-state index in [1.807, 2.05) is 31.2 Å². The van der Waals surface area contributed by atoms with Crippen LogP contribution in [0.2, 0.25) is 0 Å². The highest BCUT2D eigenvalue weighted by molar-refractivity contribution is 7.13. The molecule has 0 spiro atoms. The van der Waals surface area contributed by atoms with E-state index >= 15 is 0 Å². The minimum atomic E-state index is -0.639. The zero-order valence-electron chi connectivity index (χ0n) is 18.6. The standard InChI is InChI=1S/C25H20FN7OS/c1-2-22(34)30-15-7-13(10-27-12-15)14-8-17-23(32-33-25(17)29-11-14)19-9-16-18(31-19)5-6-28-24(16)20-3-4-21(26)35-20/h3-12,22,30-31,34H,2H2,1H3,(H,29,32,33). The molecule has 0 aliphatic heterocycles. The number of halogens is 1. The average molecular weight is 486 g/mol. The Hall–Kier alpha value is -4.15. The largest absolute Gasteiger partial charge is 0.374 e. The van der Waals surface area contributed by atoms with Gasteiger partial charge in [-0.25, -0.2) is 4.98 Å². The second kappa shape index (κ2) is 8.57. The molecule has 8 nitrogen and oxygen atoms in total. The molecular formula is C25H20FN7OS. The number of nitrogens with one attached hydrogen (secondary N) is 3. The lowest BCUT2D eigenvalue weighted by atomic mass is 10.1. The number of pyridine rings is 3. The number of hydrogen-bond donors (Lipinski definition) is 4. The third-order valence-corrected chi connectivity index (χ3v) is 6.70. The van der Waals surface area contributed by atoms with Gasteiger partial charge in [-0.2, -0.15) is 9.49 Å². The number of thiophene rings is 1. The Labute approximate surface area is 202 Å². The fraction of sp³-hybridized carbons (Fsp3) is 0.120. The van der Waals surface area contributed by atoms with Gasteiger partial charge < -0.3 is 15.4 Å². The molecule has 1 unspecified atom stereocenters. The summed E-state index contributed by atoms with van der Waals surface area (Å²) in [7, 11) is 0. The summed E-state index contributed by atoms with van der Waals surface area (Å²) in [6, 6.07) is 11.0. The number of aromatic amines is 2. The Morgan fingerprint density at radius 2 is 1.91 bits per heavy atom. The van der Waals surface area contributed by atoms with Crippen molar-refractivity contribution in [3.05, 3.63) is 66.3 Å². The first-order chi connectivity index (χ1) is 17.1. The Balaban J connectivity index is 1.42. The molecule has 0 aromatic carbocycles. The van der Waals surface area contributed by atoms with Gasteiger partial charge in [0.05, 0.1) is 28.1 Å². The predicted molar refractivity (Wildman–Crippen MR) is 135 cm³/mol. The number of anilines is 1. The van der Waals surface area contributed by atoms with E-state index in [4.69, 9.17) is 0 Å². The number of aliphatic hydroxyl groups is 1. The third-order valence-electron chi connectivity index (χ3n) is 5.82. The number of hydrogen-bond acceptors (Lipinski definition) is 7. The Morgan fingerprint density at radius 1 is 1.03 bits per heavy atom. The number of rotatable bonds is 6. The second-order valence-electron chi connectivity index (χ2n) is 8.13. The number of fused-ring (bicyclic) bond motifs is 2. The van der Waals surface area contributed by atoms with Crippen LogP contribution in [-0.4, -0.2) is 41.5 Å². The first kappa shape index (κ1) is 21.4. The lowest BCUT2D eigenvalue weighted by Gasteiger charge is -2.12. The molecule has 0 bridgehead atoms. The number of aromatic nitrogens is 6. The molecule has 0 amide bonds. The average Bonchev–Trinajstić information content (AvgIpc) is 3.61. The summed E-state index contributed by atoms with van der Waals surface area (Å²) in [4.78, 5) is 17.5. The molecule has 6 heterocycles. The van der Waals surface area contributed by atoms with Crippen LogP contribution in [0.25, 0.3) is 55.0 Å². The molecule has 0 aliphatic rings. The van der Waals surface area contributed by atoms with Gasteiger partial charge in [0.1, 0.15) is 11.9 Å². The van der Waals surface area contributed by atoms with E-state index in [1.165, 1.54) is 6.07 Å². The minimum absolute atomic E-state index is 0.246. The number of H-pyrrole nitrogens is 2. The van der Waals surface area contributed by atoms with Gasteiger partial charge in [0, 0.05) is 46.0 Å². The van der Waals surface area contributed by atoms with Crippen LogP contribution in [0.5, 0.6) is 0 Å². The van der Waals surface area contributed by atoms with E-state index in [-0.39, 0.29) is 5.13 Å². The molecule has 1 atom stereocenters. The summed E-state index contributed by atoms with van der Waals surface area (Å²) in [5.74, 6) is 0. The molecular weight excluding hydrogens is 465 g/mol. The maximum absolute atomic E-state index is 13.6. The monoisotopic (exact) mass is 485 g/mol. The van der Waals surface area contributed by atoms with Gasteiger partial charge in [-0.1, -0.05) is 6.92 Å². The molecule has 4 N–H and O–H groups in total. The summed E-state index contributed by atoms with van der Waals surface area (Å²) < 4.78 is 13.6. The van der Waals surface area contributed by atoms with Crippen LogP contribution in [0, 0.1) is 5.13 Å². The van der Waals surface area contributed by atoms with Crippen LogP contribution in [-0.2, 0) is 0 Å². The topological polar surface area (TPSA) is 115 Å². The van der Waals surface area contributed by atoms with Crippen molar-refractivity contribution < 1.29 is 9.50 Å². The summed E-state index contributed by atoms with van der Waals surface area (Å²) in [5, 5.41) is 21.9. The maximum atomic E-state index is 13.6. The highest BCUT2D eigenvalue weighted by Gasteiger charge is 2.16. The quantitative estimate of drug-likeness (QED) is 0.229. The number of nitrogens with zero attached hydrogens (tertiary/aromatic N) is 4. The Kier molecular flexibility index (Phi) is 5.24. The lowest BCUT2D eigenvalue weighted by molar-refractivity contribution is 0.199. The fourth-order valence-corrected chi connectivity index (χ4v) is 4.80. The van der Waals surface area contributed by atoms with Crippen molar-refractivity contribution in [1.29, 1.82) is 0 Å². The minimum Gasteiger partial charge on any atom is -0.374 e. The van der Waals surface area contributed by atoms with E-state index in [1.54, 1.807) is 30.9 Å². The SMILES string of the molecule is CCC(O)Nc1cncc(-c2cnc3[nH]nc(-c4cc5c(-c6ccc(F)s6)nccc5[nH]4)c3c2)c1. The van der Waals surface area contributed by atoms with Gasteiger partial charge in [0.25, 0.3) is 0 Å². The maximum Gasteiger partial charge on any atom is 0.177 e. The molecule has 0 fully saturated rings. The van der Waals surface area contributed by atoms with Gasteiger partial charge in [-0.15, -0.1) is 11.3 Å². The van der Waals surface area contributed by atoms with Crippen LogP contribution in [0.15, 0.2) is 61.2 Å². The van der Waals surface area contributed by atoms with Crippen molar-refractivity contribution in [1.82, 2.24) is 30.1 Å². The summed E-state index contributed by atoms with van der Waals surface area (Å²) >= 11 is 1.07. The molecule has 10 heteroatoms.